The molecular formula is C23H22N4O4S. The number of pyridine rings is 1. The van der Waals surface area contributed by atoms with Gasteiger partial charge >= 0.3 is 5.69 Å². The van der Waals surface area contributed by atoms with Crippen molar-refractivity contribution in [2.24, 2.45) is 0 Å². The molecule has 3 heterocycles. The van der Waals surface area contributed by atoms with Gasteiger partial charge in [-0.1, -0.05) is 42.5 Å². The molecule has 1 aliphatic heterocycles. The van der Waals surface area contributed by atoms with Gasteiger partial charge in [0, 0.05) is 19.3 Å². The highest BCUT2D eigenvalue weighted by atomic mass is 32.2. The second-order valence-electron chi connectivity index (χ2n) is 7.59. The van der Waals surface area contributed by atoms with E-state index in [0.717, 1.165) is 11.1 Å². The van der Waals surface area contributed by atoms with Crippen molar-refractivity contribution in [3.8, 4) is 5.75 Å². The Morgan fingerprint density at radius 3 is 2.50 bits per heavy atom. The summed E-state index contributed by atoms with van der Waals surface area (Å²) in [6, 6.07) is 20.2. The molecule has 32 heavy (non-hydrogen) atoms. The molecule has 0 bridgehead atoms. The highest BCUT2D eigenvalue weighted by Crippen LogP contribution is 2.26. The molecule has 164 valence electrons. The smallest absolute Gasteiger partial charge is 0.350 e. The van der Waals surface area contributed by atoms with Gasteiger partial charge in [0.15, 0.2) is 5.65 Å². The first-order chi connectivity index (χ1) is 15.5. The zero-order valence-corrected chi connectivity index (χ0v) is 18.1. The summed E-state index contributed by atoms with van der Waals surface area (Å²) in [4.78, 5) is 12.8. The quantitative estimate of drug-likeness (QED) is 0.450. The number of para-hydroxylation sites is 1. The van der Waals surface area contributed by atoms with Crippen LogP contribution in [0.2, 0.25) is 0 Å². The van der Waals surface area contributed by atoms with Crippen LogP contribution in [-0.2, 0) is 29.5 Å². The Morgan fingerprint density at radius 1 is 0.938 bits per heavy atom. The topological polar surface area (TPSA) is 85.9 Å². The molecule has 0 amide bonds. The molecule has 9 heteroatoms. The average molecular weight is 451 g/mol. The number of nitrogens with zero attached hydrogens (tertiary/aromatic N) is 4. The molecule has 0 atom stereocenters. The average Bonchev–Trinajstić information content (AvgIpc) is 3.15. The molecule has 2 aromatic carbocycles. The van der Waals surface area contributed by atoms with Gasteiger partial charge in [-0.2, -0.15) is 4.31 Å². The van der Waals surface area contributed by atoms with Crippen LogP contribution in [0.15, 0.2) is 82.6 Å². The highest BCUT2D eigenvalue weighted by Gasteiger charge is 2.31. The van der Waals surface area contributed by atoms with E-state index in [-0.39, 0.29) is 23.7 Å². The van der Waals surface area contributed by atoms with Gasteiger partial charge < -0.3 is 4.74 Å². The van der Waals surface area contributed by atoms with E-state index >= 15 is 0 Å². The van der Waals surface area contributed by atoms with Crippen molar-refractivity contribution in [1.82, 2.24) is 18.5 Å². The summed E-state index contributed by atoms with van der Waals surface area (Å²) in [7, 11) is -3.83. The van der Waals surface area contributed by atoms with E-state index in [1.165, 1.54) is 25.7 Å². The van der Waals surface area contributed by atoms with Gasteiger partial charge in [0.05, 0.1) is 6.54 Å². The Morgan fingerprint density at radius 2 is 1.69 bits per heavy atom. The van der Waals surface area contributed by atoms with Crippen molar-refractivity contribution in [3.05, 3.63) is 94.5 Å². The molecule has 0 spiro atoms. The molecule has 0 saturated heterocycles. The van der Waals surface area contributed by atoms with E-state index in [2.05, 4.69) is 5.10 Å². The van der Waals surface area contributed by atoms with Crippen LogP contribution < -0.4 is 10.4 Å². The van der Waals surface area contributed by atoms with Crippen LogP contribution in [0, 0.1) is 0 Å². The number of benzene rings is 2. The van der Waals surface area contributed by atoms with Crippen LogP contribution in [0.1, 0.15) is 11.1 Å². The van der Waals surface area contributed by atoms with Gasteiger partial charge in [-0.25, -0.2) is 22.3 Å². The lowest BCUT2D eigenvalue weighted by Gasteiger charge is -2.28. The van der Waals surface area contributed by atoms with E-state index < -0.39 is 15.7 Å². The number of sulfonamides is 1. The Kier molecular flexibility index (Phi) is 5.28. The molecule has 0 fully saturated rings. The molecule has 0 unspecified atom stereocenters. The fourth-order valence-electron chi connectivity index (χ4n) is 3.94. The highest BCUT2D eigenvalue weighted by molar-refractivity contribution is 7.89. The van der Waals surface area contributed by atoms with Crippen LogP contribution in [0.4, 0.5) is 0 Å². The van der Waals surface area contributed by atoms with Crippen molar-refractivity contribution in [2.45, 2.75) is 24.4 Å². The first kappa shape index (κ1) is 20.5. The SMILES string of the molecule is O=c1n(CCOc2ccccc2)nc2c(S(=O)(=O)N3CCc4ccccc4C3)cccn12. The maximum absolute atomic E-state index is 13.5. The number of ether oxygens (including phenoxy) is 1. The molecule has 0 saturated carbocycles. The Labute approximate surface area is 185 Å². The number of hydrogen-bond donors (Lipinski definition) is 0. The predicted octanol–water partition coefficient (Wildman–Crippen LogP) is 2.32. The normalized spacial score (nSPS) is 14.4. The lowest BCUT2D eigenvalue weighted by atomic mass is 10.0. The fourth-order valence-corrected chi connectivity index (χ4v) is 5.48. The summed E-state index contributed by atoms with van der Waals surface area (Å²) in [6.45, 7) is 1.12. The maximum atomic E-state index is 13.5. The van der Waals surface area contributed by atoms with Crippen molar-refractivity contribution in [1.29, 1.82) is 0 Å². The molecule has 5 rings (SSSR count). The van der Waals surface area contributed by atoms with Crippen molar-refractivity contribution >= 4 is 15.7 Å². The largest absolute Gasteiger partial charge is 0.492 e. The number of rotatable bonds is 6. The van der Waals surface area contributed by atoms with E-state index in [1.807, 2.05) is 54.6 Å². The van der Waals surface area contributed by atoms with E-state index in [0.29, 0.717) is 25.3 Å². The molecule has 2 aromatic heterocycles. The van der Waals surface area contributed by atoms with Crippen molar-refractivity contribution < 1.29 is 13.2 Å². The standard InChI is InChI=1S/C23H22N4O4S/c28-23-26-13-6-11-21(22(26)24-27(23)15-16-31-20-9-2-1-3-10-20)32(29,30)25-14-12-18-7-4-5-8-19(18)17-25/h1-11,13H,12,14-17H2. The zero-order valence-electron chi connectivity index (χ0n) is 17.3. The molecule has 4 aromatic rings. The third-order valence-electron chi connectivity index (χ3n) is 5.60. The van der Waals surface area contributed by atoms with Gasteiger partial charge in [0.2, 0.25) is 10.0 Å². The second kappa shape index (κ2) is 8.25. The molecular weight excluding hydrogens is 428 g/mol. The third-order valence-corrected chi connectivity index (χ3v) is 7.47. The van der Waals surface area contributed by atoms with Crippen molar-refractivity contribution in [3.63, 3.8) is 0 Å². The summed E-state index contributed by atoms with van der Waals surface area (Å²) in [6.07, 6.45) is 2.18. The second-order valence-corrected chi connectivity index (χ2v) is 9.50. The summed E-state index contributed by atoms with van der Waals surface area (Å²) >= 11 is 0. The number of hydrogen-bond acceptors (Lipinski definition) is 5. The minimum Gasteiger partial charge on any atom is -0.492 e. The molecule has 1 aliphatic rings. The third kappa shape index (κ3) is 3.69. The van der Waals surface area contributed by atoms with Gasteiger partial charge in [0.1, 0.15) is 17.3 Å². The minimum absolute atomic E-state index is 0.0270. The van der Waals surface area contributed by atoms with Crippen LogP contribution in [0.3, 0.4) is 0 Å². The van der Waals surface area contributed by atoms with Gasteiger partial charge in [0.25, 0.3) is 0 Å². The van der Waals surface area contributed by atoms with Crippen LogP contribution >= 0.6 is 0 Å². The van der Waals surface area contributed by atoms with Crippen LogP contribution in [0.5, 0.6) is 5.75 Å². The predicted molar refractivity (Wildman–Crippen MR) is 119 cm³/mol. The van der Waals surface area contributed by atoms with E-state index in [1.54, 1.807) is 6.07 Å². The maximum Gasteiger partial charge on any atom is 0.350 e. The first-order valence-corrected chi connectivity index (χ1v) is 11.8. The Bertz CT molecular complexity index is 1430. The fraction of sp³-hybridized carbons (Fsp3) is 0.217. The summed E-state index contributed by atoms with van der Waals surface area (Å²) < 4.78 is 36.5. The number of fused-ring (bicyclic) bond motifs is 2. The Hall–Kier alpha value is -3.43. The van der Waals surface area contributed by atoms with E-state index in [9.17, 15) is 13.2 Å². The molecule has 8 nitrogen and oxygen atoms in total. The molecule has 0 radical (unpaired) electrons. The van der Waals surface area contributed by atoms with Gasteiger partial charge in [-0.15, -0.1) is 5.10 Å². The summed E-state index contributed by atoms with van der Waals surface area (Å²) in [5, 5.41) is 4.33. The first-order valence-electron chi connectivity index (χ1n) is 10.4. The molecule has 0 aliphatic carbocycles. The van der Waals surface area contributed by atoms with Crippen molar-refractivity contribution in [2.75, 3.05) is 13.2 Å². The number of aromatic nitrogens is 3. The Balaban J connectivity index is 1.43. The lowest BCUT2D eigenvalue weighted by Crippen LogP contribution is -2.36. The van der Waals surface area contributed by atoms with Crippen LogP contribution in [0.25, 0.3) is 5.65 Å². The zero-order chi connectivity index (χ0) is 22.1. The van der Waals surface area contributed by atoms with Gasteiger partial charge in [-0.05, 0) is 41.8 Å². The summed E-state index contributed by atoms with van der Waals surface area (Å²) in [5.41, 5.74) is 1.88. The minimum atomic E-state index is -3.83. The lowest BCUT2D eigenvalue weighted by molar-refractivity contribution is 0.289. The molecule has 0 N–H and O–H groups in total. The summed E-state index contributed by atoms with van der Waals surface area (Å²) in [5.74, 6) is 0.693. The monoisotopic (exact) mass is 450 g/mol. The van der Waals surface area contributed by atoms with E-state index in [4.69, 9.17) is 4.74 Å². The van der Waals surface area contributed by atoms with Gasteiger partial charge in [-0.3, -0.25) is 0 Å². The van der Waals surface area contributed by atoms with Crippen LogP contribution in [-0.4, -0.2) is 40.1 Å².